The van der Waals surface area contributed by atoms with Crippen molar-refractivity contribution in [1.82, 2.24) is 10.2 Å². The maximum Gasteiger partial charge on any atom is 0.243 e. The van der Waals surface area contributed by atoms with Gasteiger partial charge in [-0.15, -0.1) is 0 Å². The van der Waals surface area contributed by atoms with E-state index in [0.717, 1.165) is 47.9 Å². The molecule has 1 saturated carbocycles. The number of amides is 2. The van der Waals surface area contributed by atoms with E-state index in [4.69, 9.17) is 11.6 Å². The Kier molecular flexibility index (Phi) is 9.87. The van der Waals surface area contributed by atoms with E-state index in [-0.39, 0.29) is 36.7 Å². The van der Waals surface area contributed by atoms with Gasteiger partial charge in [0.1, 0.15) is 6.04 Å². The average molecular weight is 565 g/mol. The van der Waals surface area contributed by atoms with Crippen LogP contribution in [-0.2, 0) is 22.6 Å². The Balaban J connectivity index is 1.52. The van der Waals surface area contributed by atoms with Crippen LogP contribution in [0.4, 0.5) is 0 Å². The minimum absolute atomic E-state index is 0.0786. The lowest BCUT2D eigenvalue weighted by Gasteiger charge is -2.34. The number of halogens is 1. The van der Waals surface area contributed by atoms with Gasteiger partial charge in [-0.2, -0.15) is 0 Å². The van der Waals surface area contributed by atoms with E-state index in [1.54, 1.807) is 4.90 Å². The minimum atomic E-state index is -0.672. The molecule has 2 amide bonds. The summed E-state index contributed by atoms with van der Waals surface area (Å²) in [7, 11) is 0. The summed E-state index contributed by atoms with van der Waals surface area (Å²) < 4.78 is 0. The fourth-order valence-corrected chi connectivity index (χ4v) is 6.02. The van der Waals surface area contributed by atoms with E-state index < -0.39 is 6.04 Å². The molecule has 41 heavy (non-hydrogen) atoms. The van der Waals surface area contributed by atoms with Gasteiger partial charge in [-0.05, 0) is 41.2 Å². The minimum Gasteiger partial charge on any atom is -0.352 e. The predicted molar refractivity (Wildman–Crippen MR) is 166 cm³/mol. The number of nitrogens with one attached hydrogen (secondary N) is 1. The van der Waals surface area contributed by atoms with Gasteiger partial charge in [-0.25, -0.2) is 0 Å². The average Bonchev–Trinajstić information content (AvgIpc) is 3.53. The number of nitrogens with zero attached hydrogens (tertiary/aromatic N) is 1. The van der Waals surface area contributed by atoms with Crippen LogP contribution in [0.5, 0.6) is 0 Å². The number of carbonyl (C=O) groups excluding carboxylic acids is 2. The molecule has 5 rings (SSSR count). The lowest BCUT2D eigenvalue weighted by Crippen LogP contribution is -2.52. The molecule has 4 aromatic rings. The molecule has 0 aromatic heterocycles. The zero-order valence-electron chi connectivity index (χ0n) is 23.3. The molecule has 5 heteroatoms. The topological polar surface area (TPSA) is 49.4 Å². The third-order valence-corrected chi connectivity index (χ3v) is 8.42. The van der Waals surface area contributed by atoms with Gasteiger partial charge in [0.2, 0.25) is 11.8 Å². The molecule has 4 nitrogen and oxygen atoms in total. The molecule has 1 aliphatic carbocycles. The van der Waals surface area contributed by atoms with Crippen molar-refractivity contribution in [3.05, 3.63) is 143 Å². The van der Waals surface area contributed by atoms with Gasteiger partial charge in [0.05, 0.1) is 0 Å². The molecule has 0 heterocycles. The molecule has 1 atom stereocenters. The van der Waals surface area contributed by atoms with E-state index in [1.165, 1.54) is 0 Å². The number of benzene rings is 4. The second-order valence-electron chi connectivity index (χ2n) is 10.9. The van der Waals surface area contributed by atoms with Gasteiger partial charge < -0.3 is 10.2 Å². The first kappa shape index (κ1) is 28.6. The lowest BCUT2D eigenvalue weighted by atomic mass is 9.87. The van der Waals surface area contributed by atoms with Crippen molar-refractivity contribution in [3.8, 4) is 0 Å². The summed E-state index contributed by atoms with van der Waals surface area (Å²) >= 11 is 6.61. The largest absolute Gasteiger partial charge is 0.352 e. The normalized spacial score (nSPS) is 14.1. The quantitative estimate of drug-likeness (QED) is 0.204. The molecule has 1 fully saturated rings. The molecular formula is C36H37ClN2O2. The summed E-state index contributed by atoms with van der Waals surface area (Å²) in [5, 5.41) is 3.87. The van der Waals surface area contributed by atoms with Crippen LogP contribution in [0.25, 0.3) is 0 Å². The molecule has 0 spiro atoms. The highest BCUT2D eigenvalue weighted by Crippen LogP contribution is 2.30. The van der Waals surface area contributed by atoms with Crippen molar-refractivity contribution in [2.75, 3.05) is 0 Å². The van der Waals surface area contributed by atoms with Crippen molar-refractivity contribution in [1.29, 1.82) is 0 Å². The summed E-state index contributed by atoms with van der Waals surface area (Å²) in [5.74, 6) is -0.323. The van der Waals surface area contributed by atoms with Gasteiger partial charge in [0.25, 0.3) is 0 Å². The van der Waals surface area contributed by atoms with E-state index in [1.807, 2.05) is 91.0 Å². The third-order valence-electron chi connectivity index (χ3n) is 8.05. The van der Waals surface area contributed by atoms with Gasteiger partial charge in [0.15, 0.2) is 0 Å². The van der Waals surface area contributed by atoms with Crippen LogP contribution >= 0.6 is 11.6 Å². The molecule has 0 bridgehead atoms. The molecule has 0 saturated heterocycles. The highest BCUT2D eigenvalue weighted by molar-refractivity contribution is 6.31. The summed E-state index contributed by atoms with van der Waals surface area (Å²) in [6.07, 6.45) is 4.86. The van der Waals surface area contributed by atoms with E-state index in [9.17, 15) is 9.59 Å². The number of rotatable bonds is 11. The summed E-state index contributed by atoms with van der Waals surface area (Å²) in [4.78, 5) is 30.3. The van der Waals surface area contributed by atoms with Gasteiger partial charge in [-0.3, -0.25) is 9.59 Å². The highest BCUT2D eigenvalue weighted by atomic mass is 35.5. The van der Waals surface area contributed by atoms with E-state index in [2.05, 4.69) is 29.6 Å². The van der Waals surface area contributed by atoms with Crippen LogP contribution in [0.1, 0.15) is 60.3 Å². The fourth-order valence-electron chi connectivity index (χ4n) is 5.82. The Labute approximate surface area is 248 Å². The summed E-state index contributed by atoms with van der Waals surface area (Å²) in [5.41, 5.74) is 3.98. The molecule has 1 unspecified atom stereocenters. The molecule has 1 N–H and O–H groups in total. The van der Waals surface area contributed by atoms with Crippen molar-refractivity contribution in [2.45, 2.75) is 63.1 Å². The van der Waals surface area contributed by atoms with E-state index >= 15 is 0 Å². The maximum atomic E-state index is 14.5. The van der Waals surface area contributed by atoms with Gasteiger partial charge in [0, 0.05) is 36.4 Å². The standard InChI is InChI=1S/C36H37ClN2O2/c37-33-23-13-10-20-30(33)26-39(34(24-27-14-4-1-5-15-27)36(41)38-31-21-11-12-22-31)35(40)25-32(28-16-6-2-7-17-28)29-18-8-3-9-19-29/h1-10,13-20,23,31-32,34H,11-12,21-22,24-26H2,(H,38,41). The smallest absolute Gasteiger partial charge is 0.243 e. The van der Waals surface area contributed by atoms with Gasteiger partial charge in [-0.1, -0.05) is 134 Å². The Bertz CT molecular complexity index is 1370. The monoisotopic (exact) mass is 564 g/mol. The first-order valence-corrected chi connectivity index (χ1v) is 14.9. The zero-order chi connectivity index (χ0) is 28.4. The molecular weight excluding hydrogens is 528 g/mol. The number of hydrogen-bond acceptors (Lipinski definition) is 2. The maximum absolute atomic E-state index is 14.5. The second-order valence-corrected chi connectivity index (χ2v) is 11.3. The molecule has 0 radical (unpaired) electrons. The van der Waals surface area contributed by atoms with Crippen molar-refractivity contribution >= 4 is 23.4 Å². The summed E-state index contributed by atoms with van der Waals surface area (Å²) in [6.45, 7) is 0.254. The van der Waals surface area contributed by atoms with Crippen molar-refractivity contribution in [3.63, 3.8) is 0 Å². The SMILES string of the molecule is O=C(NC1CCCC1)C(Cc1ccccc1)N(Cc1ccccc1Cl)C(=O)CC(c1ccccc1)c1ccccc1. The first-order chi connectivity index (χ1) is 20.1. The van der Waals surface area contributed by atoms with Crippen LogP contribution in [0.15, 0.2) is 115 Å². The Morgan fingerprint density at radius 3 is 1.88 bits per heavy atom. The molecule has 0 aliphatic heterocycles. The van der Waals surface area contributed by atoms with Gasteiger partial charge >= 0.3 is 0 Å². The number of hydrogen-bond donors (Lipinski definition) is 1. The molecule has 4 aromatic carbocycles. The zero-order valence-corrected chi connectivity index (χ0v) is 24.0. The van der Waals surface area contributed by atoms with Crippen LogP contribution < -0.4 is 5.32 Å². The van der Waals surface area contributed by atoms with E-state index in [0.29, 0.717) is 11.4 Å². The third kappa shape index (κ3) is 7.65. The van der Waals surface area contributed by atoms with Crippen molar-refractivity contribution < 1.29 is 9.59 Å². The van der Waals surface area contributed by atoms with Crippen molar-refractivity contribution in [2.24, 2.45) is 0 Å². The predicted octanol–water partition coefficient (Wildman–Crippen LogP) is 7.56. The fraction of sp³-hybridized carbons (Fsp3) is 0.278. The molecule has 210 valence electrons. The highest BCUT2D eigenvalue weighted by Gasteiger charge is 2.34. The van der Waals surface area contributed by atoms with Crippen LogP contribution in [0.3, 0.4) is 0 Å². The number of carbonyl (C=O) groups is 2. The summed E-state index contributed by atoms with van der Waals surface area (Å²) in [6, 6.07) is 37.3. The second kappa shape index (κ2) is 14.1. The molecule has 1 aliphatic rings. The van der Waals surface area contributed by atoms with Crippen LogP contribution in [0.2, 0.25) is 5.02 Å². The van der Waals surface area contributed by atoms with Crippen LogP contribution in [-0.4, -0.2) is 28.8 Å². The van der Waals surface area contributed by atoms with Crippen LogP contribution in [0, 0.1) is 0 Å². The Morgan fingerprint density at radius 2 is 1.29 bits per heavy atom. The first-order valence-electron chi connectivity index (χ1n) is 14.6. The lowest BCUT2D eigenvalue weighted by molar-refractivity contribution is -0.141. The Hall–Kier alpha value is -3.89. The Morgan fingerprint density at radius 1 is 0.756 bits per heavy atom.